The van der Waals surface area contributed by atoms with Crippen molar-refractivity contribution in [3.63, 3.8) is 0 Å². The van der Waals surface area contributed by atoms with E-state index in [4.69, 9.17) is 65.0 Å². The van der Waals surface area contributed by atoms with Crippen molar-refractivity contribution in [1.29, 1.82) is 0 Å². The molecule has 0 aliphatic rings. The summed E-state index contributed by atoms with van der Waals surface area (Å²) in [4.78, 5) is 125. The third kappa shape index (κ3) is 39.2. The monoisotopic (exact) mass is 1760 g/mol. The van der Waals surface area contributed by atoms with Gasteiger partial charge in [-0.2, -0.15) is 0 Å². The van der Waals surface area contributed by atoms with Crippen molar-refractivity contribution in [2.75, 3.05) is 34.4 Å². The minimum absolute atomic E-state index is 0. The van der Waals surface area contributed by atoms with E-state index in [-0.39, 0.29) is 302 Å². The van der Waals surface area contributed by atoms with Crippen LogP contribution in [0.2, 0.25) is 0 Å². The van der Waals surface area contributed by atoms with Gasteiger partial charge in [-0.1, -0.05) is 36.4 Å². The summed E-state index contributed by atoms with van der Waals surface area (Å²) in [6.45, 7) is 0. The molecule has 0 unspecified atom stereocenters. The number of aromatic carboxylic acids is 12. The van der Waals surface area contributed by atoms with Gasteiger partial charge in [0, 0.05) is 191 Å². The van der Waals surface area contributed by atoms with Crippen LogP contribution in [0.3, 0.4) is 0 Å². The first kappa shape index (κ1) is 119. The summed E-state index contributed by atoms with van der Waals surface area (Å²) in [6, 6.07) is 19.9. The number of hydrogen-bond acceptors (Lipinski definition) is 24. The molecule has 0 saturated heterocycles. The maximum Gasteiger partial charge on any atom is 0.337 e. The molecule has 0 aliphatic heterocycles. The van der Waals surface area contributed by atoms with Gasteiger partial charge >= 0.3 is 35.8 Å². The third-order valence-corrected chi connectivity index (χ3v) is 9.11. The summed E-state index contributed by atoms with van der Waals surface area (Å²) in [7, 11) is 0. The number of carboxylic acid groups (broad SMARTS) is 12. The van der Waals surface area contributed by atoms with Gasteiger partial charge in [0.1, 0.15) is 0 Å². The normalized spacial score (nSPS) is 8.09. The molecule has 0 atom stereocenters. The molecule has 44 heteroatoms. The maximum atomic E-state index is 10.5. The Bertz CT molecular complexity index is 2850. The Kier molecular flexibility index (Phi) is 72.9. The van der Waals surface area contributed by atoms with Crippen LogP contribution in [0.5, 0.6) is 0 Å². The van der Waals surface area contributed by atoms with Crippen LogP contribution in [0.25, 0.3) is 0 Å². The molecular formula is C48H52N6O32Zr6-6. The van der Waals surface area contributed by atoms with Gasteiger partial charge in [-0.25, -0.2) is 28.8 Å². The van der Waals surface area contributed by atoms with Crippen molar-refractivity contribution >= 4 is 106 Å². The number of rotatable bonds is 12. The Labute approximate surface area is 629 Å². The first-order valence-corrected chi connectivity index (χ1v) is 20.2. The van der Waals surface area contributed by atoms with Crippen molar-refractivity contribution in [2.45, 2.75) is 0 Å². The largest absolute Gasteiger partial charge is 0.545 e. The molecule has 6 aromatic rings. The molecular weight excluding hydrogens is 1720 g/mol. The molecule has 0 amide bonds. The average molecular weight is 1770 g/mol. The molecule has 0 fully saturated rings. The van der Waals surface area contributed by atoms with Gasteiger partial charge in [0.15, 0.2) is 0 Å². The summed E-state index contributed by atoms with van der Waals surface area (Å²) in [6.07, 6.45) is 0. The number of carboxylic acids is 12. The van der Waals surface area contributed by atoms with Gasteiger partial charge in [0.25, 0.3) is 0 Å². The Hall–Kier alpha value is -7.26. The Morgan fingerprint density at radius 3 is 0.359 bits per heavy atom. The Balaban J connectivity index is -0.0000000642. The summed E-state index contributed by atoms with van der Waals surface area (Å²) < 4.78 is 0. The maximum absolute atomic E-state index is 10.5. The second-order valence-electron chi connectivity index (χ2n) is 14.4. The Morgan fingerprint density at radius 2 is 0.304 bits per heavy atom. The van der Waals surface area contributed by atoms with E-state index in [1.807, 2.05) is 0 Å². The van der Waals surface area contributed by atoms with Gasteiger partial charge in [0.05, 0.1) is 69.2 Å². The average Bonchev–Trinajstić information content (AvgIpc) is 3.34. The molecule has 0 aliphatic carbocycles. The predicted molar refractivity (Wildman–Crippen MR) is 282 cm³/mol. The molecule has 0 aromatic heterocycles. The number of nitrogen functional groups attached to an aromatic ring is 6. The third-order valence-electron chi connectivity index (χ3n) is 9.11. The molecule has 496 valence electrons. The zero-order valence-electron chi connectivity index (χ0n) is 45.9. The smallest absolute Gasteiger partial charge is 0.337 e. The first-order valence-electron chi connectivity index (χ1n) is 20.2. The predicted octanol–water partition coefficient (Wildman–Crippen LogP) is -10.6. The fourth-order valence-electron chi connectivity index (χ4n) is 5.31. The van der Waals surface area contributed by atoms with Crippen LogP contribution in [0.4, 0.5) is 34.1 Å². The van der Waals surface area contributed by atoms with Crippen molar-refractivity contribution in [3.05, 3.63) is 176 Å². The fourth-order valence-corrected chi connectivity index (χ4v) is 5.31. The summed E-state index contributed by atoms with van der Waals surface area (Å²) in [5, 5.41) is 113. The van der Waals surface area contributed by atoms with Gasteiger partial charge in [-0.05, 0) is 106 Å². The van der Waals surface area contributed by atoms with E-state index in [1.54, 1.807) is 0 Å². The van der Waals surface area contributed by atoms with Crippen LogP contribution in [-0.2, 0) is 157 Å². The number of nitrogens with two attached hydrogens (primary N) is 6. The zero-order valence-corrected chi connectivity index (χ0v) is 60.6. The summed E-state index contributed by atoms with van der Waals surface area (Å²) >= 11 is 0. The van der Waals surface area contributed by atoms with Crippen LogP contribution in [0, 0.1) is 0 Å². The number of carbonyl (C=O) groups is 12. The van der Waals surface area contributed by atoms with Crippen molar-refractivity contribution in [3.8, 4) is 0 Å². The minimum Gasteiger partial charge on any atom is -0.545 e. The van der Waals surface area contributed by atoms with E-state index in [0.717, 1.165) is 109 Å². The summed E-state index contributed by atoms with van der Waals surface area (Å²) in [5.74, 6) is -15.5. The van der Waals surface area contributed by atoms with E-state index in [0.29, 0.717) is 0 Å². The molecule has 6 rings (SSSR count). The van der Waals surface area contributed by atoms with Crippen LogP contribution in [-0.4, -0.2) is 146 Å². The Morgan fingerprint density at radius 1 is 0.217 bits per heavy atom. The molecule has 38 nitrogen and oxygen atoms in total. The number of hydrogen-bond donors (Lipinski definition) is 12. The van der Waals surface area contributed by atoms with Crippen LogP contribution in [0.15, 0.2) is 109 Å². The molecule has 34 N–H and O–H groups in total. The SMILES string of the molecule is Nc1cc(C(=O)[O-])ccc1C(=O)O.Nc1cc(C(=O)[O-])ccc1C(=O)O.Nc1cc(C(=O)[O-])ccc1C(=O)O.Nc1cc(C(=O)[O-])ccc1C(=O)O.Nc1cc(C(=O)[O-])ccc1C(=O)O.Nc1cc(C(=O)[O-])ccc1C(=O)O.O.O.O.O.O.O.O.O.[Zr].[Zr].[Zr].[Zr].[Zr].[Zr]. The van der Waals surface area contributed by atoms with E-state index < -0.39 is 71.6 Å². The number of anilines is 6. The minimum atomic E-state index is -1.39. The first-order chi connectivity index (χ1) is 36.1. The van der Waals surface area contributed by atoms with E-state index in [1.165, 1.54) is 0 Å². The number of carbonyl (C=O) groups excluding carboxylic acids is 6. The molecule has 92 heavy (non-hydrogen) atoms. The second-order valence-corrected chi connectivity index (χ2v) is 14.4. The van der Waals surface area contributed by atoms with E-state index in [2.05, 4.69) is 0 Å². The quantitative estimate of drug-likeness (QED) is 0.0506. The van der Waals surface area contributed by atoms with E-state index >= 15 is 0 Å². The topological polar surface area (TPSA) is 873 Å². The van der Waals surface area contributed by atoms with Crippen LogP contribution < -0.4 is 65.0 Å². The summed E-state index contributed by atoms with van der Waals surface area (Å²) in [5.41, 5.74) is 29.7. The molecule has 0 saturated carbocycles. The second kappa shape index (κ2) is 56.5. The molecule has 0 radical (unpaired) electrons. The number of benzene rings is 6. The van der Waals surface area contributed by atoms with E-state index in [9.17, 15) is 88.2 Å². The molecule has 6 aromatic carbocycles. The standard InChI is InChI=1S/6C8H7NO4.8H2O.6Zr/c6*9-6-3-4(7(10)11)1-2-5(6)8(12)13;;;;;;;;;;;;;;/h6*1-3H,9H2,(H,10,11)(H,12,13);8*1H2;;;;;;/p-6. The van der Waals surface area contributed by atoms with Crippen molar-refractivity contribution in [1.82, 2.24) is 0 Å². The van der Waals surface area contributed by atoms with Crippen LogP contribution >= 0.6 is 0 Å². The van der Waals surface area contributed by atoms with Gasteiger partial charge in [-0.15, -0.1) is 0 Å². The molecule has 0 heterocycles. The van der Waals surface area contributed by atoms with Gasteiger partial charge in [-0.3, -0.25) is 0 Å². The van der Waals surface area contributed by atoms with Gasteiger partial charge < -0.3 is 168 Å². The van der Waals surface area contributed by atoms with Gasteiger partial charge in [0.2, 0.25) is 0 Å². The van der Waals surface area contributed by atoms with Crippen molar-refractivity contribution < 1.29 is 320 Å². The zero-order chi connectivity index (χ0) is 60.0. The molecule has 0 bridgehead atoms. The van der Waals surface area contributed by atoms with Crippen molar-refractivity contribution in [2.24, 2.45) is 0 Å². The fraction of sp³-hybridized carbons (Fsp3) is 0. The molecule has 0 spiro atoms. The van der Waals surface area contributed by atoms with Crippen LogP contribution in [0.1, 0.15) is 124 Å².